The number of nitrogens with one attached hydrogen (secondary N) is 1. The van der Waals surface area contributed by atoms with Gasteiger partial charge in [-0.25, -0.2) is 4.68 Å². The van der Waals surface area contributed by atoms with Gasteiger partial charge in [0, 0.05) is 17.8 Å². The number of aromatic nitrogens is 2. The predicted octanol–water partition coefficient (Wildman–Crippen LogP) is 3.98. The summed E-state index contributed by atoms with van der Waals surface area (Å²) < 4.78 is 7.47. The first-order chi connectivity index (χ1) is 13.1. The van der Waals surface area contributed by atoms with Gasteiger partial charge in [-0.05, 0) is 38.1 Å². The van der Waals surface area contributed by atoms with Gasteiger partial charge in [-0.3, -0.25) is 4.79 Å². The SMILES string of the molecule is C=CCOc1ccccc1C(=O)NCc1c(C)nn(-c2ccccc2)c1C. The Hall–Kier alpha value is -3.34. The van der Waals surface area contributed by atoms with Crippen LogP contribution in [-0.2, 0) is 6.54 Å². The lowest BCUT2D eigenvalue weighted by Crippen LogP contribution is -2.24. The zero-order valence-corrected chi connectivity index (χ0v) is 15.6. The third kappa shape index (κ3) is 4.08. The molecule has 0 aliphatic carbocycles. The Bertz CT molecular complexity index is 945. The Morgan fingerprint density at radius 3 is 2.59 bits per heavy atom. The Kier molecular flexibility index (Phi) is 5.71. The van der Waals surface area contributed by atoms with Gasteiger partial charge in [-0.1, -0.05) is 43.0 Å². The second-order valence-corrected chi connectivity index (χ2v) is 6.18. The van der Waals surface area contributed by atoms with E-state index in [1.54, 1.807) is 18.2 Å². The minimum absolute atomic E-state index is 0.180. The molecule has 0 aliphatic heterocycles. The summed E-state index contributed by atoms with van der Waals surface area (Å²) in [6.07, 6.45) is 1.65. The van der Waals surface area contributed by atoms with Crippen LogP contribution in [0.4, 0.5) is 0 Å². The van der Waals surface area contributed by atoms with E-state index in [1.165, 1.54) is 0 Å². The summed E-state index contributed by atoms with van der Waals surface area (Å²) in [5.74, 6) is 0.365. The van der Waals surface area contributed by atoms with Crippen molar-refractivity contribution >= 4 is 5.91 Å². The van der Waals surface area contributed by atoms with Gasteiger partial charge in [0.2, 0.25) is 0 Å². The van der Waals surface area contributed by atoms with E-state index in [2.05, 4.69) is 17.0 Å². The normalized spacial score (nSPS) is 10.4. The van der Waals surface area contributed by atoms with Crippen LogP contribution in [0.3, 0.4) is 0 Å². The highest BCUT2D eigenvalue weighted by Gasteiger charge is 2.16. The zero-order chi connectivity index (χ0) is 19.2. The summed E-state index contributed by atoms with van der Waals surface area (Å²) in [7, 11) is 0. The number of carbonyl (C=O) groups is 1. The second kappa shape index (κ2) is 8.36. The van der Waals surface area contributed by atoms with E-state index < -0.39 is 0 Å². The molecule has 0 saturated heterocycles. The molecular weight excluding hydrogens is 338 g/mol. The fourth-order valence-corrected chi connectivity index (χ4v) is 2.94. The molecule has 1 N–H and O–H groups in total. The number of rotatable bonds is 7. The maximum absolute atomic E-state index is 12.7. The summed E-state index contributed by atoms with van der Waals surface area (Å²) >= 11 is 0. The van der Waals surface area contributed by atoms with E-state index in [1.807, 2.05) is 61.0 Å². The van der Waals surface area contributed by atoms with Crippen LogP contribution in [0, 0.1) is 13.8 Å². The summed E-state index contributed by atoms with van der Waals surface area (Å²) in [6.45, 7) is 8.36. The number of nitrogens with zero attached hydrogens (tertiary/aromatic N) is 2. The van der Waals surface area contributed by atoms with Crippen LogP contribution in [0.5, 0.6) is 5.75 Å². The van der Waals surface area contributed by atoms with Crippen molar-refractivity contribution in [3.63, 3.8) is 0 Å². The van der Waals surface area contributed by atoms with Crippen LogP contribution in [0.25, 0.3) is 5.69 Å². The molecule has 0 aliphatic rings. The second-order valence-electron chi connectivity index (χ2n) is 6.18. The molecule has 0 saturated carbocycles. The molecule has 138 valence electrons. The smallest absolute Gasteiger partial charge is 0.255 e. The maximum atomic E-state index is 12.7. The molecule has 0 bridgehead atoms. The minimum atomic E-state index is -0.180. The minimum Gasteiger partial charge on any atom is -0.489 e. The maximum Gasteiger partial charge on any atom is 0.255 e. The highest BCUT2D eigenvalue weighted by molar-refractivity contribution is 5.96. The number of aryl methyl sites for hydroxylation is 1. The molecule has 27 heavy (non-hydrogen) atoms. The number of hydrogen-bond donors (Lipinski definition) is 1. The quantitative estimate of drug-likeness (QED) is 0.648. The van der Waals surface area contributed by atoms with Gasteiger partial charge >= 0.3 is 0 Å². The van der Waals surface area contributed by atoms with Crippen molar-refractivity contribution in [1.82, 2.24) is 15.1 Å². The van der Waals surface area contributed by atoms with Crippen molar-refractivity contribution in [1.29, 1.82) is 0 Å². The molecule has 0 fully saturated rings. The highest BCUT2D eigenvalue weighted by atomic mass is 16.5. The van der Waals surface area contributed by atoms with Crippen molar-refractivity contribution in [3.8, 4) is 11.4 Å². The molecule has 3 rings (SSSR count). The van der Waals surface area contributed by atoms with Crippen LogP contribution in [0.15, 0.2) is 67.3 Å². The van der Waals surface area contributed by atoms with E-state index >= 15 is 0 Å². The summed E-state index contributed by atoms with van der Waals surface area (Å²) in [5, 5.41) is 7.60. The van der Waals surface area contributed by atoms with Gasteiger partial charge in [0.15, 0.2) is 0 Å². The summed E-state index contributed by atoms with van der Waals surface area (Å²) in [6, 6.07) is 17.1. The Morgan fingerprint density at radius 2 is 1.85 bits per heavy atom. The third-order valence-electron chi connectivity index (χ3n) is 4.36. The topological polar surface area (TPSA) is 56.1 Å². The van der Waals surface area contributed by atoms with Gasteiger partial charge in [0.1, 0.15) is 12.4 Å². The Balaban J connectivity index is 1.77. The van der Waals surface area contributed by atoms with E-state index in [9.17, 15) is 4.79 Å². The molecule has 0 spiro atoms. The standard InChI is InChI=1S/C22H23N3O2/c1-4-14-27-21-13-9-8-12-19(21)22(26)23-15-20-16(2)24-25(17(20)3)18-10-6-5-7-11-18/h4-13H,1,14-15H2,2-3H3,(H,23,26). The van der Waals surface area contributed by atoms with Crippen molar-refractivity contribution in [2.45, 2.75) is 20.4 Å². The van der Waals surface area contributed by atoms with Crippen LogP contribution in [0.1, 0.15) is 27.3 Å². The molecule has 3 aromatic rings. The van der Waals surface area contributed by atoms with Gasteiger partial charge in [-0.2, -0.15) is 5.10 Å². The van der Waals surface area contributed by atoms with Crippen molar-refractivity contribution < 1.29 is 9.53 Å². The highest BCUT2D eigenvalue weighted by Crippen LogP contribution is 2.20. The summed E-state index contributed by atoms with van der Waals surface area (Å²) in [4.78, 5) is 12.7. The number of benzene rings is 2. The number of para-hydroxylation sites is 2. The average molecular weight is 361 g/mol. The number of hydrogen-bond acceptors (Lipinski definition) is 3. The third-order valence-corrected chi connectivity index (χ3v) is 4.36. The predicted molar refractivity (Wildman–Crippen MR) is 106 cm³/mol. The molecular formula is C22H23N3O2. The molecule has 1 amide bonds. The lowest BCUT2D eigenvalue weighted by atomic mass is 10.1. The van der Waals surface area contributed by atoms with E-state index in [0.717, 1.165) is 22.6 Å². The van der Waals surface area contributed by atoms with Crippen molar-refractivity contribution in [2.75, 3.05) is 6.61 Å². The molecule has 2 aromatic carbocycles. The van der Waals surface area contributed by atoms with Crippen LogP contribution < -0.4 is 10.1 Å². The number of amides is 1. The van der Waals surface area contributed by atoms with E-state index in [4.69, 9.17) is 4.74 Å². The van der Waals surface area contributed by atoms with Crippen LogP contribution >= 0.6 is 0 Å². The number of ether oxygens (including phenoxy) is 1. The zero-order valence-electron chi connectivity index (χ0n) is 15.6. The molecule has 1 heterocycles. The van der Waals surface area contributed by atoms with Gasteiger partial charge < -0.3 is 10.1 Å². The number of carbonyl (C=O) groups excluding carboxylic acids is 1. The average Bonchev–Trinajstić information content (AvgIpc) is 2.99. The molecule has 0 unspecified atom stereocenters. The molecule has 0 atom stereocenters. The van der Waals surface area contributed by atoms with E-state index in [-0.39, 0.29) is 5.91 Å². The Morgan fingerprint density at radius 1 is 1.15 bits per heavy atom. The van der Waals surface area contributed by atoms with E-state index in [0.29, 0.717) is 24.5 Å². The monoisotopic (exact) mass is 361 g/mol. The molecule has 0 radical (unpaired) electrons. The first-order valence-electron chi connectivity index (χ1n) is 8.83. The Labute approximate surface area is 159 Å². The molecule has 5 heteroatoms. The molecule has 1 aromatic heterocycles. The first kappa shape index (κ1) is 18.5. The van der Waals surface area contributed by atoms with Crippen molar-refractivity contribution in [3.05, 3.63) is 89.8 Å². The molecule has 5 nitrogen and oxygen atoms in total. The van der Waals surface area contributed by atoms with Crippen LogP contribution in [-0.4, -0.2) is 22.3 Å². The van der Waals surface area contributed by atoms with Gasteiger partial charge in [0.25, 0.3) is 5.91 Å². The lowest BCUT2D eigenvalue weighted by molar-refractivity contribution is 0.0947. The fraction of sp³-hybridized carbons (Fsp3) is 0.182. The largest absolute Gasteiger partial charge is 0.489 e. The van der Waals surface area contributed by atoms with Gasteiger partial charge in [0.05, 0.1) is 16.9 Å². The fourth-order valence-electron chi connectivity index (χ4n) is 2.94. The van der Waals surface area contributed by atoms with Gasteiger partial charge in [-0.15, -0.1) is 0 Å². The first-order valence-corrected chi connectivity index (χ1v) is 8.83. The summed E-state index contributed by atoms with van der Waals surface area (Å²) in [5.41, 5.74) is 4.42. The lowest BCUT2D eigenvalue weighted by Gasteiger charge is -2.11. The van der Waals surface area contributed by atoms with Crippen molar-refractivity contribution in [2.24, 2.45) is 0 Å². The van der Waals surface area contributed by atoms with Crippen LogP contribution in [0.2, 0.25) is 0 Å².